The smallest absolute Gasteiger partial charge is 0.0716 e. The van der Waals surface area contributed by atoms with Gasteiger partial charge in [0.05, 0.1) is 12.7 Å². The fourth-order valence-electron chi connectivity index (χ4n) is 2.34. The van der Waals surface area contributed by atoms with Crippen LogP contribution in [0, 0.1) is 0 Å². The van der Waals surface area contributed by atoms with Gasteiger partial charge in [0.15, 0.2) is 0 Å². The van der Waals surface area contributed by atoms with Gasteiger partial charge in [-0.05, 0) is 37.7 Å². The number of aliphatic hydroxyl groups excluding tert-OH is 1. The number of ether oxygens (including phenoxy) is 1. The van der Waals surface area contributed by atoms with Crippen LogP contribution in [0.5, 0.6) is 0 Å². The normalized spacial score (nSPS) is 12.8. The van der Waals surface area contributed by atoms with E-state index >= 15 is 0 Å². The lowest BCUT2D eigenvalue weighted by Crippen LogP contribution is -2.10. The molecule has 1 aromatic carbocycles. The Hall–Kier alpha value is -1.12. The molecule has 1 rings (SSSR count). The van der Waals surface area contributed by atoms with Crippen molar-refractivity contribution in [2.75, 3.05) is 6.61 Å². The minimum atomic E-state index is -0.250. The molecule has 124 valence electrons. The van der Waals surface area contributed by atoms with Crippen molar-refractivity contribution in [3.63, 3.8) is 0 Å². The molecule has 22 heavy (non-hydrogen) atoms. The van der Waals surface area contributed by atoms with Crippen LogP contribution in [0.25, 0.3) is 0 Å². The number of unbranched alkanes of at least 4 members (excludes halogenated alkanes) is 4. The minimum absolute atomic E-state index is 0.250. The largest absolute Gasteiger partial charge is 0.393 e. The molecule has 2 heteroatoms. The minimum Gasteiger partial charge on any atom is -0.393 e. The van der Waals surface area contributed by atoms with Crippen LogP contribution in [-0.2, 0) is 11.3 Å². The van der Waals surface area contributed by atoms with Crippen LogP contribution in [-0.4, -0.2) is 17.8 Å². The summed E-state index contributed by atoms with van der Waals surface area (Å²) in [5, 5.41) is 9.91. The van der Waals surface area contributed by atoms with Crippen LogP contribution in [0.15, 0.2) is 42.5 Å². The summed E-state index contributed by atoms with van der Waals surface area (Å²) in [5.41, 5.74) is 1.18. The molecule has 0 bridgehead atoms. The van der Waals surface area contributed by atoms with Crippen LogP contribution < -0.4 is 0 Å². The van der Waals surface area contributed by atoms with E-state index in [0.717, 1.165) is 19.3 Å². The first-order chi connectivity index (χ1) is 10.8. The van der Waals surface area contributed by atoms with Crippen molar-refractivity contribution in [2.45, 2.75) is 71.0 Å². The van der Waals surface area contributed by atoms with Gasteiger partial charge in [0.25, 0.3) is 0 Å². The third kappa shape index (κ3) is 10.6. The fourth-order valence-corrected chi connectivity index (χ4v) is 2.34. The highest BCUT2D eigenvalue weighted by molar-refractivity contribution is 5.13. The monoisotopic (exact) mass is 304 g/mol. The molecule has 0 aliphatic rings. The van der Waals surface area contributed by atoms with Crippen LogP contribution in [0.1, 0.15) is 63.9 Å². The van der Waals surface area contributed by atoms with Gasteiger partial charge in [-0.1, -0.05) is 68.7 Å². The predicted octanol–water partition coefficient (Wildman–Crippen LogP) is 5.26. The number of hydrogen-bond donors (Lipinski definition) is 1. The van der Waals surface area contributed by atoms with Crippen LogP contribution >= 0.6 is 0 Å². The van der Waals surface area contributed by atoms with Gasteiger partial charge in [0, 0.05) is 6.61 Å². The first-order valence-corrected chi connectivity index (χ1v) is 8.77. The second-order valence-electron chi connectivity index (χ2n) is 5.88. The molecule has 0 saturated heterocycles. The molecular weight excluding hydrogens is 272 g/mol. The molecule has 0 heterocycles. The first-order valence-electron chi connectivity index (χ1n) is 8.77. The van der Waals surface area contributed by atoms with Crippen molar-refractivity contribution in [3.05, 3.63) is 48.0 Å². The number of allylic oxidation sites excluding steroid dienone is 2. The molecule has 1 N–H and O–H groups in total. The molecule has 0 saturated carbocycles. The van der Waals surface area contributed by atoms with Gasteiger partial charge in [-0.2, -0.15) is 0 Å². The summed E-state index contributed by atoms with van der Waals surface area (Å²) in [6, 6.07) is 10.2. The Morgan fingerprint density at radius 1 is 1.00 bits per heavy atom. The zero-order chi connectivity index (χ0) is 15.9. The third-order valence-corrected chi connectivity index (χ3v) is 3.76. The summed E-state index contributed by atoms with van der Waals surface area (Å²) < 4.78 is 5.59. The summed E-state index contributed by atoms with van der Waals surface area (Å²) in [6.07, 6.45) is 13.2. The molecule has 0 spiro atoms. The lowest BCUT2D eigenvalue weighted by molar-refractivity contribution is 0.0705. The van der Waals surface area contributed by atoms with Crippen molar-refractivity contribution in [3.8, 4) is 0 Å². The molecule has 0 aliphatic heterocycles. The maximum absolute atomic E-state index is 9.91. The lowest BCUT2D eigenvalue weighted by atomic mass is 10.1. The molecule has 0 amide bonds. The van der Waals surface area contributed by atoms with Crippen molar-refractivity contribution in [1.82, 2.24) is 0 Å². The van der Waals surface area contributed by atoms with Gasteiger partial charge in [-0.3, -0.25) is 0 Å². The van der Waals surface area contributed by atoms with Crippen molar-refractivity contribution in [2.24, 2.45) is 0 Å². The molecule has 1 aromatic rings. The Bertz CT molecular complexity index is 373. The van der Waals surface area contributed by atoms with E-state index in [2.05, 4.69) is 31.2 Å². The highest BCUT2D eigenvalue weighted by atomic mass is 16.5. The maximum atomic E-state index is 9.91. The van der Waals surface area contributed by atoms with Crippen LogP contribution in [0.2, 0.25) is 0 Å². The van der Waals surface area contributed by atoms with Gasteiger partial charge in [-0.15, -0.1) is 0 Å². The van der Waals surface area contributed by atoms with E-state index < -0.39 is 0 Å². The molecule has 0 aromatic heterocycles. The molecular formula is C20H32O2. The summed E-state index contributed by atoms with van der Waals surface area (Å²) in [7, 11) is 0. The molecule has 0 unspecified atom stereocenters. The van der Waals surface area contributed by atoms with Crippen molar-refractivity contribution < 1.29 is 9.84 Å². The third-order valence-electron chi connectivity index (χ3n) is 3.76. The van der Waals surface area contributed by atoms with Gasteiger partial charge in [0.1, 0.15) is 0 Å². The van der Waals surface area contributed by atoms with E-state index in [-0.39, 0.29) is 6.10 Å². The molecule has 0 radical (unpaired) electrons. The average molecular weight is 304 g/mol. The summed E-state index contributed by atoms with van der Waals surface area (Å²) in [5.74, 6) is 0. The van der Waals surface area contributed by atoms with Crippen molar-refractivity contribution in [1.29, 1.82) is 0 Å². The Kier molecular flexibility index (Phi) is 11.6. The van der Waals surface area contributed by atoms with Gasteiger partial charge < -0.3 is 9.84 Å². The van der Waals surface area contributed by atoms with E-state index in [1.807, 2.05) is 18.2 Å². The predicted molar refractivity (Wildman–Crippen MR) is 93.9 cm³/mol. The molecule has 1 atom stereocenters. The van der Waals surface area contributed by atoms with Gasteiger partial charge in [0.2, 0.25) is 0 Å². The molecule has 0 aliphatic carbocycles. The quantitative estimate of drug-likeness (QED) is 0.398. The summed E-state index contributed by atoms with van der Waals surface area (Å²) in [4.78, 5) is 0. The average Bonchev–Trinajstić information content (AvgIpc) is 2.55. The maximum Gasteiger partial charge on any atom is 0.0716 e. The fraction of sp³-hybridized carbons (Fsp3) is 0.600. The van der Waals surface area contributed by atoms with Crippen molar-refractivity contribution >= 4 is 0 Å². The highest BCUT2D eigenvalue weighted by Gasteiger charge is 2.02. The SMILES string of the molecule is CCCCCC/C=C\CC[C@@H](O)CCOCc1ccccc1. The second kappa shape index (κ2) is 13.5. The zero-order valence-corrected chi connectivity index (χ0v) is 14.0. The van der Waals surface area contributed by atoms with Crippen LogP contribution in [0.3, 0.4) is 0 Å². The second-order valence-corrected chi connectivity index (χ2v) is 5.88. The topological polar surface area (TPSA) is 29.5 Å². The Morgan fingerprint density at radius 3 is 2.55 bits per heavy atom. The number of hydrogen-bond acceptors (Lipinski definition) is 2. The zero-order valence-electron chi connectivity index (χ0n) is 14.0. The Morgan fingerprint density at radius 2 is 1.77 bits per heavy atom. The summed E-state index contributed by atoms with van der Waals surface area (Å²) in [6.45, 7) is 3.49. The molecule has 0 fully saturated rings. The van der Waals surface area contributed by atoms with E-state index in [9.17, 15) is 5.11 Å². The Balaban J connectivity index is 1.93. The standard InChI is InChI=1S/C20H32O2/c1-2-3-4-5-6-7-8-12-15-20(21)16-17-22-18-19-13-10-9-11-14-19/h7-11,13-14,20-21H,2-6,12,15-18H2,1H3/b8-7-/t20-/m1/s1. The van der Waals surface area contributed by atoms with Crippen LogP contribution in [0.4, 0.5) is 0 Å². The van der Waals surface area contributed by atoms with Gasteiger partial charge in [-0.25, -0.2) is 0 Å². The van der Waals surface area contributed by atoms with E-state index in [0.29, 0.717) is 13.2 Å². The van der Waals surface area contributed by atoms with E-state index in [1.165, 1.54) is 37.7 Å². The summed E-state index contributed by atoms with van der Waals surface area (Å²) >= 11 is 0. The Labute approximate surface area is 136 Å². The molecule has 2 nitrogen and oxygen atoms in total. The van der Waals surface area contributed by atoms with E-state index in [1.54, 1.807) is 0 Å². The van der Waals surface area contributed by atoms with E-state index in [4.69, 9.17) is 4.74 Å². The number of aliphatic hydroxyl groups is 1. The van der Waals surface area contributed by atoms with Gasteiger partial charge >= 0.3 is 0 Å². The highest BCUT2D eigenvalue weighted by Crippen LogP contribution is 2.07. The first kappa shape index (κ1) is 18.9. The number of rotatable bonds is 13. The number of benzene rings is 1. The lowest BCUT2D eigenvalue weighted by Gasteiger charge is -2.09.